The van der Waals surface area contributed by atoms with Crippen molar-refractivity contribution in [1.82, 2.24) is 19.7 Å². The molecule has 2 aliphatic rings. The van der Waals surface area contributed by atoms with Crippen LogP contribution >= 0.6 is 0 Å². The molecule has 2 atom stereocenters. The van der Waals surface area contributed by atoms with Crippen LogP contribution in [0.1, 0.15) is 49.7 Å². The number of urea groups is 1. The van der Waals surface area contributed by atoms with Gasteiger partial charge < -0.3 is 19.7 Å². The monoisotopic (exact) mass is 509 g/mol. The smallest absolute Gasteiger partial charge is 0.418 e. The van der Waals surface area contributed by atoms with Crippen molar-refractivity contribution in [2.24, 2.45) is 0 Å². The Bertz CT molecular complexity index is 1130. The van der Waals surface area contributed by atoms with Gasteiger partial charge in [-0.2, -0.15) is 18.6 Å². The van der Waals surface area contributed by atoms with Gasteiger partial charge in [0, 0.05) is 18.3 Å². The third kappa shape index (κ3) is 6.17. The van der Waals surface area contributed by atoms with Crippen LogP contribution in [0.25, 0.3) is 0 Å². The summed E-state index contributed by atoms with van der Waals surface area (Å²) >= 11 is 0. The maximum atomic E-state index is 12.4. The molecule has 12 nitrogen and oxygen atoms in total. The second-order valence-electron chi connectivity index (χ2n) is 8.28. The fourth-order valence-electron chi connectivity index (χ4n) is 4.28. The van der Waals surface area contributed by atoms with Gasteiger partial charge in [-0.15, -0.1) is 4.28 Å². The number of hydrogen-bond donors (Lipinski definition) is 2. The van der Waals surface area contributed by atoms with E-state index in [0.717, 1.165) is 10.5 Å². The number of hydrogen-bond acceptors (Lipinski definition) is 7. The van der Waals surface area contributed by atoms with Crippen LogP contribution in [0.5, 0.6) is 0 Å². The molecule has 192 valence electrons. The van der Waals surface area contributed by atoms with Crippen molar-refractivity contribution in [3.8, 4) is 0 Å². The minimum absolute atomic E-state index is 0.0825. The van der Waals surface area contributed by atoms with Crippen molar-refractivity contribution in [3.63, 3.8) is 0 Å². The second-order valence-corrected chi connectivity index (χ2v) is 9.28. The van der Waals surface area contributed by atoms with Crippen molar-refractivity contribution >= 4 is 22.4 Å². The fraction of sp³-hybridized carbons (Fsp3) is 0.500. The lowest BCUT2D eigenvalue weighted by atomic mass is 9.98. The summed E-state index contributed by atoms with van der Waals surface area (Å²) in [6, 6.07) is 6.17. The molecule has 2 N–H and O–H groups in total. The molecular weight excluding hydrogens is 478 g/mol. The van der Waals surface area contributed by atoms with E-state index in [9.17, 15) is 23.1 Å². The van der Waals surface area contributed by atoms with Crippen LogP contribution in [0, 0.1) is 0 Å². The number of rotatable bonds is 9. The summed E-state index contributed by atoms with van der Waals surface area (Å²) in [4.78, 5) is 26.6. The van der Waals surface area contributed by atoms with Crippen LogP contribution < -0.4 is 10.0 Å². The number of aryl methyl sites for hydroxylation is 2. The van der Waals surface area contributed by atoms with E-state index in [2.05, 4.69) is 30.2 Å². The molecule has 0 radical (unpaired) electrons. The van der Waals surface area contributed by atoms with Crippen LogP contribution in [0.3, 0.4) is 0 Å². The molecule has 2 aromatic rings. The number of hydroxylamine groups is 2. The number of nitrogens with one attached hydrogen (secondary N) is 1. The summed E-state index contributed by atoms with van der Waals surface area (Å²) in [5.41, 5.74) is 1.47. The topological polar surface area (TPSA) is 150 Å². The first-order chi connectivity index (χ1) is 16.6. The first kappa shape index (κ1) is 26.6. The van der Waals surface area contributed by atoms with Crippen LogP contribution in [-0.4, -0.2) is 70.9 Å². The molecule has 2 bridgehead atoms. The molecule has 1 aromatic carbocycles. The van der Waals surface area contributed by atoms with Crippen LogP contribution in [0.4, 0.5) is 4.79 Å². The highest BCUT2D eigenvalue weighted by Gasteiger charge is 2.52. The lowest BCUT2D eigenvalue weighted by Gasteiger charge is -2.29. The van der Waals surface area contributed by atoms with E-state index < -0.39 is 34.5 Å². The molecule has 35 heavy (non-hydrogen) atoms. The minimum Gasteiger partial charge on any atom is -0.547 e. The number of nitrogens with zero attached hydrogens (tertiary/aromatic N) is 4. The van der Waals surface area contributed by atoms with Gasteiger partial charge in [0.2, 0.25) is 0 Å². The zero-order valence-corrected chi connectivity index (χ0v) is 20.8. The van der Waals surface area contributed by atoms with Crippen LogP contribution in [0.15, 0.2) is 36.5 Å². The van der Waals surface area contributed by atoms with E-state index in [1.807, 2.05) is 30.3 Å². The number of carbonyl (C=O) groups is 2. The third-order valence-corrected chi connectivity index (χ3v) is 6.56. The number of aliphatic carboxylic acids is 1. The number of carboxylic acid groups (broad SMARTS) is 1. The molecule has 2 amide bonds. The Balaban J connectivity index is 0.000000429. The summed E-state index contributed by atoms with van der Waals surface area (Å²) in [5, 5.41) is 16.4. The van der Waals surface area contributed by atoms with E-state index in [-0.39, 0.29) is 12.2 Å². The van der Waals surface area contributed by atoms with Gasteiger partial charge in [-0.1, -0.05) is 30.3 Å². The summed E-state index contributed by atoms with van der Waals surface area (Å²) in [6.07, 6.45) is 2.19. The van der Waals surface area contributed by atoms with Crippen molar-refractivity contribution in [2.75, 3.05) is 26.2 Å². The van der Waals surface area contributed by atoms with Crippen molar-refractivity contribution in [2.45, 2.75) is 45.8 Å². The number of fused-ring (bicyclic) bond motifs is 4. The Kier molecular flexibility index (Phi) is 8.48. The Labute approximate surface area is 204 Å². The maximum Gasteiger partial charge on any atom is 0.418 e. The molecule has 0 aliphatic carbocycles. The SMILES string of the molecule is CC[NH+](CC)CC.O=C([O-])[C@@H]1c2nn(CCc3ccccc3)cc2[C@H]2CN1C(=O)N2OS(=O)(=O)O. The first-order valence-electron chi connectivity index (χ1n) is 11.5. The zero-order valence-electron chi connectivity index (χ0n) is 20.0. The molecule has 3 heterocycles. The quantitative estimate of drug-likeness (QED) is 0.425. The number of carboxylic acids is 1. The fourth-order valence-corrected chi connectivity index (χ4v) is 4.66. The van der Waals surface area contributed by atoms with E-state index in [1.165, 1.54) is 24.3 Å². The molecule has 1 aromatic heterocycles. The maximum absolute atomic E-state index is 12.4. The van der Waals surface area contributed by atoms with Gasteiger partial charge in [0.05, 0.1) is 37.8 Å². The standard InChI is InChI=1S/C16H16N4O7S.C6H15N/c21-15(22)14-13-11(8-18(17-13)7-6-10-4-2-1-3-5-10)12-9-19(14)16(23)20(12)27-28(24,25)26;1-4-7(5-2)6-3/h1-5,8,12,14H,6-7,9H2,(H,21,22)(H,24,25,26);4-6H2,1-3H3/t12-,14+;/m1./s1. The molecule has 4 rings (SSSR count). The van der Waals surface area contributed by atoms with E-state index in [0.29, 0.717) is 23.6 Å². The van der Waals surface area contributed by atoms with Crippen molar-refractivity contribution in [3.05, 3.63) is 53.3 Å². The Morgan fingerprint density at radius 3 is 2.34 bits per heavy atom. The zero-order chi connectivity index (χ0) is 25.8. The molecule has 1 saturated heterocycles. The molecule has 0 spiro atoms. The molecule has 0 saturated carbocycles. The Hall–Kier alpha value is -3.00. The lowest BCUT2D eigenvalue weighted by molar-refractivity contribution is -0.894. The molecule has 2 aliphatic heterocycles. The van der Waals surface area contributed by atoms with Gasteiger partial charge in [-0.05, 0) is 32.8 Å². The average molecular weight is 510 g/mol. The summed E-state index contributed by atoms with van der Waals surface area (Å²) in [7, 11) is -4.97. The highest BCUT2D eigenvalue weighted by Crippen LogP contribution is 2.43. The Morgan fingerprint density at radius 1 is 1.20 bits per heavy atom. The largest absolute Gasteiger partial charge is 0.547 e. The highest BCUT2D eigenvalue weighted by atomic mass is 32.3. The molecular formula is C22H31N5O7S. The van der Waals surface area contributed by atoms with Crippen molar-refractivity contribution in [1.29, 1.82) is 0 Å². The number of amides is 2. The van der Waals surface area contributed by atoms with Gasteiger partial charge in [0.15, 0.2) is 0 Å². The van der Waals surface area contributed by atoms with E-state index in [1.54, 1.807) is 11.1 Å². The van der Waals surface area contributed by atoms with Gasteiger partial charge in [-0.3, -0.25) is 9.23 Å². The highest BCUT2D eigenvalue weighted by molar-refractivity contribution is 7.80. The summed E-state index contributed by atoms with van der Waals surface area (Å²) in [6.45, 7) is 10.8. The van der Waals surface area contributed by atoms with E-state index >= 15 is 0 Å². The number of carbonyl (C=O) groups excluding carboxylic acids is 2. The van der Waals surface area contributed by atoms with Crippen LogP contribution in [-0.2, 0) is 32.4 Å². The first-order valence-corrected chi connectivity index (χ1v) is 12.9. The lowest BCUT2D eigenvalue weighted by Crippen LogP contribution is -3.11. The number of quaternary nitrogens is 1. The second kappa shape index (κ2) is 11.2. The molecule has 0 unspecified atom stereocenters. The van der Waals surface area contributed by atoms with Crippen molar-refractivity contribution < 1.29 is 36.8 Å². The number of benzene rings is 1. The molecule has 13 heteroatoms. The normalized spacial score (nSPS) is 18.9. The van der Waals surface area contributed by atoms with E-state index in [4.69, 9.17) is 4.55 Å². The van der Waals surface area contributed by atoms with Gasteiger partial charge in [0.25, 0.3) is 0 Å². The summed E-state index contributed by atoms with van der Waals surface area (Å²) < 4.78 is 37.0. The summed E-state index contributed by atoms with van der Waals surface area (Å²) in [5.74, 6) is -1.55. The van der Waals surface area contributed by atoms with Crippen LogP contribution in [0.2, 0.25) is 0 Å². The predicted molar refractivity (Wildman–Crippen MR) is 122 cm³/mol. The number of aromatic nitrogens is 2. The van der Waals surface area contributed by atoms with Gasteiger partial charge in [0.1, 0.15) is 12.1 Å². The van der Waals surface area contributed by atoms with Gasteiger partial charge in [-0.25, -0.2) is 4.79 Å². The Morgan fingerprint density at radius 2 is 1.83 bits per heavy atom. The van der Waals surface area contributed by atoms with Gasteiger partial charge >= 0.3 is 16.4 Å². The average Bonchev–Trinajstić information content (AvgIpc) is 3.35. The third-order valence-electron chi connectivity index (χ3n) is 6.21. The predicted octanol–water partition coefficient (Wildman–Crippen LogP) is -0.625. The minimum atomic E-state index is -4.97. The molecule has 1 fully saturated rings.